The van der Waals surface area contributed by atoms with Gasteiger partial charge in [-0.1, -0.05) is 30.3 Å². The lowest BCUT2D eigenvalue weighted by Gasteiger charge is -2.34. The van der Waals surface area contributed by atoms with Crippen molar-refractivity contribution < 1.29 is 9.59 Å². The summed E-state index contributed by atoms with van der Waals surface area (Å²) in [5, 5.41) is 2.82. The number of rotatable bonds is 4. The van der Waals surface area contributed by atoms with E-state index in [-0.39, 0.29) is 11.8 Å². The summed E-state index contributed by atoms with van der Waals surface area (Å²) in [4.78, 5) is 31.1. The molecule has 0 saturated carbocycles. The normalized spacial score (nSPS) is 15.9. The maximum absolute atomic E-state index is 12.9. The molecule has 1 aromatic carbocycles. The smallest absolute Gasteiger partial charge is 0.252 e. The van der Waals surface area contributed by atoms with Crippen molar-refractivity contribution in [1.82, 2.24) is 9.88 Å². The summed E-state index contributed by atoms with van der Waals surface area (Å²) < 4.78 is 0.839. The largest absolute Gasteiger partial charge is 0.327 e. The topological polar surface area (TPSA) is 62.3 Å². The summed E-state index contributed by atoms with van der Waals surface area (Å²) in [5.41, 5.74) is 0.808. The minimum atomic E-state index is -0.635. The number of carbonyl (C=O) groups excluding carboxylic acids is 2. The number of aromatic nitrogens is 1. The standard InChI is InChI=1S/C18H18BrN3O2/c19-14-9-10-15(20-12-14)21-18(24)17(13-6-2-1-3-7-13)22-11-5-4-8-16(22)23/h1-3,6-7,9-10,12,17H,4-5,8,11H2,(H,20,21,24). The van der Waals surface area contributed by atoms with Crippen LogP contribution in [0.15, 0.2) is 53.1 Å². The third-order valence-electron chi connectivity index (χ3n) is 4.01. The quantitative estimate of drug-likeness (QED) is 0.872. The van der Waals surface area contributed by atoms with E-state index < -0.39 is 6.04 Å². The first-order valence-corrected chi connectivity index (χ1v) is 8.71. The first-order valence-electron chi connectivity index (χ1n) is 7.92. The third kappa shape index (κ3) is 3.82. The molecule has 6 heteroatoms. The average Bonchev–Trinajstić information content (AvgIpc) is 2.60. The first kappa shape index (κ1) is 16.6. The van der Waals surface area contributed by atoms with Crippen LogP contribution in [-0.2, 0) is 9.59 Å². The fourth-order valence-electron chi connectivity index (χ4n) is 2.85. The zero-order valence-corrected chi connectivity index (χ0v) is 14.7. The number of hydrogen-bond donors (Lipinski definition) is 1. The molecule has 2 amide bonds. The summed E-state index contributed by atoms with van der Waals surface area (Å²) in [6, 6.07) is 12.3. The molecule has 1 aromatic heterocycles. The molecular formula is C18H18BrN3O2. The second kappa shape index (κ2) is 7.57. The van der Waals surface area contributed by atoms with Gasteiger partial charge in [-0.15, -0.1) is 0 Å². The van der Waals surface area contributed by atoms with Crippen molar-refractivity contribution >= 4 is 33.6 Å². The van der Waals surface area contributed by atoms with Crippen molar-refractivity contribution in [3.8, 4) is 0 Å². The number of likely N-dealkylation sites (tertiary alicyclic amines) is 1. The molecule has 5 nitrogen and oxygen atoms in total. The van der Waals surface area contributed by atoms with Crippen LogP contribution in [0.2, 0.25) is 0 Å². The number of nitrogens with zero attached hydrogens (tertiary/aromatic N) is 2. The molecule has 1 saturated heterocycles. The molecule has 0 aliphatic carbocycles. The Morgan fingerprint density at radius 1 is 1.17 bits per heavy atom. The highest BCUT2D eigenvalue weighted by molar-refractivity contribution is 9.10. The number of piperidine rings is 1. The van der Waals surface area contributed by atoms with Crippen LogP contribution in [-0.4, -0.2) is 28.2 Å². The van der Waals surface area contributed by atoms with Gasteiger partial charge in [-0.25, -0.2) is 4.98 Å². The Bertz CT molecular complexity index is 719. The molecular weight excluding hydrogens is 370 g/mol. The molecule has 1 unspecified atom stereocenters. The van der Waals surface area contributed by atoms with E-state index in [1.54, 1.807) is 17.2 Å². The molecule has 0 radical (unpaired) electrons. The highest BCUT2D eigenvalue weighted by atomic mass is 79.9. The fraction of sp³-hybridized carbons (Fsp3) is 0.278. The minimum Gasteiger partial charge on any atom is -0.327 e. The van der Waals surface area contributed by atoms with Gasteiger partial charge in [-0.05, 0) is 46.5 Å². The Kier molecular flexibility index (Phi) is 5.25. The summed E-state index contributed by atoms with van der Waals surface area (Å²) in [6.07, 6.45) is 3.91. The number of benzene rings is 1. The van der Waals surface area contributed by atoms with Gasteiger partial charge in [0, 0.05) is 23.6 Å². The summed E-state index contributed by atoms with van der Waals surface area (Å²) in [5.74, 6) is 0.244. The van der Waals surface area contributed by atoms with Crippen LogP contribution in [0.1, 0.15) is 30.9 Å². The fourth-order valence-corrected chi connectivity index (χ4v) is 3.09. The molecule has 0 bridgehead atoms. The van der Waals surface area contributed by atoms with E-state index in [0.29, 0.717) is 18.8 Å². The Morgan fingerprint density at radius 2 is 1.96 bits per heavy atom. The van der Waals surface area contributed by atoms with Crippen LogP contribution >= 0.6 is 15.9 Å². The van der Waals surface area contributed by atoms with Gasteiger partial charge in [-0.3, -0.25) is 9.59 Å². The van der Waals surface area contributed by atoms with Crippen molar-refractivity contribution in [2.24, 2.45) is 0 Å². The Labute approximate surface area is 149 Å². The van der Waals surface area contributed by atoms with Gasteiger partial charge in [0.2, 0.25) is 5.91 Å². The molecule has 1 aliphatic rings. The Hall–Kier alpha value is -2.21. The van der Waals surface area contributed by atoms with E-state index in [2.05, 4.69) is 26.2 Å². The molecule has 24 heavy (non-hydrogen) atoms. The SMILES string of the molecule is O=C(Nc1ccc(Br)cn1)C(c1ccccc1)N1CCCCC1=O. The maximum Gasteiger partial charge on any atom is 0.252 e. The lowest BCUT2D eigenvalue weighted by Crippen LogP contribution is -2.43. The van der Waals surface area contributed by atoms with Gasteiger partial charge >= 0.3 is 0 Å². The lowest BCUT2D eigenvalue weighted by molar-refractivity contribution is -0.141. The minimum absolute atomic E-state index is 0.0222. The monoisotopic (exact) mass is 387 g/mol. The second-order valence-electron chi connectivity index (χ2n) is 5.71. The van der Waals surface area contributed by atoms with E-state index in [0.717, 1.165) is 22.9 Å². The van der Waals surface area contributed by atoms with Crippen molar-refractivity contribution in [3.63, 3.8) is 0 Å². The van der Waals surface area contributed by atoms with E-state index in [1.807, 2.05) is 36.4 Å². The summed E-state index contributed by atoms with van der Waals surface area (Å²) in [7, 11) is 0. The van der Waals surface area contributed by atoms with Gasteiger partial charge in [0.25, 0.3) is 5.91 Å². The number of carbonyl (C=O) groups is 2. The van der Waals surface area contributed by atoms with E-state index in [9.17, 15) is 9.59 Å². The molecule has 1 aliphatic heterocycles. The van der Waals surface area contributed by atoms with Gasteiger partial charge in [0.1, 0.15) is 11.9 Å². The number of nitrogens with one attached hydrogen (secondary N) is 1. The molecule has 2 heterocycles. The first-order chi connectivity index (χ1) is 11.6. The molecule has 3 rings (SSSR count). The van der Waals surface area contributed by atoms with Crippen LogP contribution in [0.3, 0.4) is 0 Å². The molecule has 2 aromatic rings. The Balaban J connectivity index is 1.87. The van der Waals surface area contributed by atoms with Crippen LogP contribution in [0.25, 0.3) is 0 Å². The number of pyridine rings is 1. The van der Waals surface area contributed by atoms with E-state index >= 15 is 0 Å². The van der Waals surface area contributed by atoms with Gasteiger partial charge in [0.15, 0.2) is 0 Å². The third-order valence-corrected chi connectivity index (χ3v) is 4.48. The molecule has 124 valence electrons. The van der Waals surface area contributed by atoms with Crippen LogP contribution < -0.4 is 5.32 Å². The van der Waals surface area contributed by atoms with E-state index in [4.69, 9.17) is 0 Å². The van der Waals surface area contributed by atoms with Crippen LogP contribution in [0.4, 0.5) is 5.82 Å². The second-order valence-corrected chi connectivity index (χ2v) is 6.62. The number of amides is 2. The summed E-state index contributed by atoms with van der Waals surface area (Å²) >= 11 is 3.32. The predicted octanol–water partition coefficient (Wildman–Crippen LogP) is 3.54. The highest BCUT2D eigenvalue weighted by Gasteiger charge is 2.32. The average molecular weight is 388 g/mol. The molecule has 1 N–H and O–H groups in total. The van der Waals surface area contributed by atoms with Gasteiger partial charge in [-0.2, -0.15) is 0 Å². The molecule has 1 atom stereocenters. The zero-order chi connectivity index (χ0) is 16.9. The van der Waals surface area contributed by atoms with E-state index in [1.165, 1.54) is 0 Å². The van der Waals surface area contributed by atoms with Crippen molar-refractivity contribution in [2.75, 3.05) is 11.9 Å². The van der Waals surface area contributed by atoms with Gasteiger partial charge < -0.3 is 10.2 Å². The van der Waals surface area contributed by atoms with Gasteiger partial charge in [0.05, 0.1) is 0 Å². The maximum atomic E-state index is 12.9. The zero-order valence-electron chi connectivity index (χ0n) is 13.1. The number of hydrogen-bond acceptors (Lipinski definition) is 3. The highest BCUT2D eigenvalue weighted by Crippen LogP contribution is 2.27. The number of halogens is 1. The van der Waals surface area contributed by atoms with Crippen LogP contribution in [0.5, 0.6) is 0 Å². The number of anilines is 1. The lowest BCUT2D eigenvalue weighted by atomic mass is 10.0. The van der Waals surface area contributed by atoms with Crippen molar-refractivity contribution in [3.05, 3.63) is 58.7 Å². The Morgan fingerprint density at radius 3 is 2.62 bits per heavy atom. The van der Waals surface area contributed by atoms with Crippen molar-refractivity contribution in [1.29, 1.82) is 0 Å². The summed E-state index contributed by atoms with van der Waals surface area (Å²) in [6.45, 7) is 0.597. The van der Waals surface area contributed by atoms with Crippen molar-refractivity contribution in [2.45, 2.75) is 25.3 Å². The molecule has 0 spiro atoms. The van der Waals surface area contributed by atoms with Crippen LogP contribution in [0, 0.1) is 0 Å². The predicted molar refractivity (Wildman–Crippen MR) is 95.3 cm³/mol. The molecule has 1 fully saturated rings.